The van der Waals surface area contributed by atoms with E-state index in [0.29, 0.717) is 0 Å². The molecule has 0 saturated carbocycles. The van der Waals surface area contributed by atoms with E-state index in [9.17, 15) is 18.4 Å². The maximum atomic E-state index is 13.4. The number of rotatable bonds is 2. The predicted molar refractivity (Wildman–Crippen MR) is 54.4 cm³/mol. The van der Waals surface area contributed by atoms with Gasteiger partial charge in [0.25, 0.3) is 5.91 Å². The molecule has 1 rings (SSSR count). The number of ketones is 1. The normalized spacial score (nSPS) is 10.1. The quantitative estimate of drug-likeness (QED) is 0.723. The summed E-state index contributed by atoms with van der Waals surface area (Å²) in [7, 11) is 2.78. The summed E-state index contributed by atoms with van der Waals surface area (Å²) < 4.78 is 26.9. The lowest BCUT2D eigenvalue weighted by atomic mass is 10.1. The molecule has 0 spiro atoms. The average molecular weight is 227 g/mol. The fraction of sp³-hybridized carbons (Fsp3) is 0.273. The molecule has 0 saturated heterocycles. The monoisotopic (exact) mass is 227 g/mol. The van der Waals surface area contributed by atoms with Gasteiger partial charge in [-0.05, 0) is 19.1 Å². The largest absolute Gasteiger partial charge is 0.345 e. The molecule has 0 unspecified atom stereocenters. The van der Waals surface area contributed by atoms with Gasteiger partial charge in [-0.1, -0.05) is 0 Å². The van der Waals surface area contributed by atoms with Crippen LogP contribution in [-0.2, 0) is 0 Å². The summed E-state index contributed by atoms with van der Waals surface area (Å²) in [6, 6.07) is 1.73. The Morgan fingerprint density at radius 3 is 1.88 bits per heavy atom. The zero-order valence-electron chi connectivity index (χ0n) is 9.17. The molecule has 86 valence electrons. The molecule has 16 heavy (non-hydrogen) atoms. The molecule has 0 aliphatic heterocycles. The van der Waals surface area contributed by atoms with Crippen molar-refractivity contribution < 1.29 is 18.4 Å². The third-order valence-corrected chi connectivity index (χ3v) is 2.07. The van der Waals surface area contributed by atoms with E-state index in [4.69, 9.17) is 0 Å². The van der Waals surface area contributed by atoms with Gasteiger partial charge in [-0.25, -0.2) is 8.78 Å². The molecule has 5 heteroatoms. The average Bonchev–Trinajstić information content (AvgIpc) is 2.15. The Morgan fingerprint density at radius 2 is 1.56 bits per heavy atom. The van der Waals surface area contributed by atoms with Gasteiger partial charge in [-0.2, -0.15) is 0 Å². The minimum atomic E-state index is -1.02. The number of carbonyl (C=O) groups is 2. The number of carbonyl (C=O) groups excluding carboxylic acids is 2. The fourth-order valence-corrected chi connectivity index (χ4v) is 1.20. The molecule has 3 nitrogen and oxygen atoms in total. The van der Waals surface area contributed by atoms with E-state index in [2.05, 4.69) is 0 Å². The summed E-state index contributed by atoms with van der Waals surface area (Å²) in [6.45, 7) is 1.20. The molecule has 0 atom stereocenters. The number of hydrogen-bond donors (Lipinski definition) is 0. The van der Waals surface area contributed by atoms with Crippen molar-refractivity contribution in [3.05, 3.63) is 34.9 Å². The first-order valence-electron chi connectivity index (χ1n) is 4.56. The predicted octanol–water partition coefficient (Wildman–Crippen LogP) is 1.87. The van der Waals surface area contributed by atoms with Gasteiger partial charge in [-0.3, -0.25) is 9.59 Å². The zero-order chi connectivity index (χ0) is 12.5. The first-order valence-corrected chi connectivity index (χ1v) is 4.56. The Kier molecular flexibility index (Phi) is 3.37. The minimum Gasteiger partial charge on any atom is -0.345 e. The van der Waals surface area contributed by atoms with Gasteiger partial charge in [0.05, 0.1) is 0 Å². The van der Waals surface area contributed by atoms with Gasteiger partial charge in [-0.15, -0.1) is 0 Å². The number of halogens is 2. The highest BCUT2D eigenvalue weighted by atomic mass is 19.1. The fourth-order valence-electron chi connectivity index (χ4n) is 1.20. The SMILES string of the molecule is CC(=O)c1cc(F)c(C(=O)N(C)C)c(F)c1. The molecule has 1 aromatic rings. The van der Waals surface area contributed by atoms with Crippen molar-refractivity contribution in [2.75, 3.05) is 14.1 Å². The molecule has 1 aromatic carbocycles. The van der Waals surface area contributed by atoms with Crippen molar-refractivity contribution in [3.8, 4) is 0 Å². The molecule has 0 heterocycles. The molecular formula is C11H11F2NO2. The summed E-state index contributed by atoms with van der Waals surface area (Å²) in [4.78, 5) is 23.4. The molecule has 1 amide bonds. The molecule has 0 aliphatic rings. The minimum absolute atomic E-state index is 0.0923. The molecular weight excluding hydrogens is 216 g/mol. The van der Waals surface area contributed by atoms with E-state index in [-0.39, 0.29) is 5.56 Å². The van der Waals surface area contributed by atoms with Gasteiger partial charge in [0, 0.05) is 19.7 Å². The maximum Gasteiger partial charge on any atom is 0.259 e. The number of nitrogens with zero attached hydrogens (tertiary/aromatic N) is 1. The summed E-state index contributed by atoms with van der Waals surface area (Å²) in [6.07, 6.45) is 0. The second-order valence-electron chi connectivity index (χ2n) is 3.57. The van der Waals surface area contributed by atoms with Crippen molar-refractivity contribution in [1.29, 1.82) is 0 Å². The molecule has 0 fully saturated rings. The summed E-state index contributed by atoms with van der Waals surface area (Å²) >= 11 is 0. The van der Waals surface area contributed by atoms with Crippen LogP contribution in [-0.4, -0.2) is 30.7 Å². The highest BCUT2D eigenvalue weighted by molar-refractivity contribution is 5.98. The zero-order valence-corrected chi connectivity index (χ0v) is 9.17. The number of benzene rings is 1. The third kappa shape index (κ3) is 2.24. The van der Waals surface area contributed by atoms with Crippen LogP contribution in [0.1, 0.15) is 27.6 Å². The van der Waals surface area contributed by atoms with Crippen molar-refractivity contribution in [3.63, 3.8) is 0 Å². The van der Waals surface area contributed by atoms with E-state index < -0.39 is 28.9 Å². The van der Waals surface area contributed by atoms with Crippen LogP contribution in [0.3, 0.4) is 0 Å². The molecule has 0 aliphatic carbocycles. The van der Waals surface area contributed by atoms with Crippen LogP contribution in [0.15, 0.2) is 12.1 Å². The van der Waals surface area contributed by atoms with Crippen molar-refractivity contribution in [2.45, 2.75) is 6.92 Å². The summed E-state index contributed by atoms with van der Waals surface area (Å²) in [5.74, 6) is -3.28. The Labute approximate surface area is 91.7 Å². The van der Waals surface area contributed by atoms with Crippen molar-refractivity contribution in [2.24, 2.45) is 0 Å². The van der Waals surface area contributed by atoms with Crippen LogP contribution in [0, 0.1) is 11.6 Å². The molecule has 0 bridgehead atoms. The van der Waals surface area contributed by atoms with E-state index in [1.54, 1.807) is 0 Å². The smallest absolute Gasteiger partial charge is 0.259 e. The second kappa shape index (κ2) is 4.38. The van der Waals surface area contributed by atoms with E-state index in [1.807, 2.05) is 0 Å². The van der Waals surface area contributed by atoms with Crippen LogP contribution in [0.2, 0.25) is 0 Å². The summed E-state index contributed by atoms with van der Waals surface area (Å²) in [5.41, 5.74) is -0.736. The van der Waals surface area contributed by atoms with E-state index >= 15 is 0 Å². The Hall–Kier alpha value is -1.78. The van der Waals surface area contributed by atoms with Gasteiger partial charge in [0.15, 0.2) is 5.78 Å². The van der Waals surface area contributed by atoms with E-state index in [1.165, 1.54) is 21.0 Å². The molecule has 0 N–H and O–H groups in total. The first kappa shape index (κ1) is 12.3. The van der Waals surface area contributed by atoms with Gasteiger partial charge >= 0.3 is 0 Å². The van der Waals surface area contributed by atoms with Crippen LogP contribution in [0.25, 0.3) is 0 Å². The summed E-state index contributed by atoms with van der Waals surface area (Å²) in [5, 5.41) is 0. The molecule has 0 aromatic heterocycles. The lowest BCUT2D eigenvalue weighted by Crippen LogP contribution is -2.24. The van der Waals surface area contributed by atoms with Gasteiger partial charge in [0.1, 0.15) is 17.2 Å². The molecule has 0 radical (unpaired) electrons. The number of amides is 1. The Morgan fingerprint density at radius 1 is 1.12 bits per heavy atom. The third-order valence-electron chi connectivity index (χ3n) is 2.07. The lowest BCUT2D eigenvalue weighted by Gasteiger charge is -2.12. The van der Waals surface area contributed by atoms with Crippen LogP contribution < -0.4 is 0 Å². The van der Waals surface area contributed by atoms with E-state index in [0.717, 1.165) is 17.0 Å². The lowest BCUT2D eigenvalue weighted by molar-refractivity contribution is 0.0817. The standard InChI is InChI=1S/C11H11F2NO2/c1-6(15)7-4-8(12)10(9(13)5-7)11(16)14(2)3/h4-5H,1-3H3. The van der Waals surface area contributed by atoms with Gasteiger partial charge < -0.3 is 4.90 Å². The second-order valence-corrected chi connectivity index (χ2v) is 3.57. The maximum absolute atomic E-state index is 13.4. The van der Waals surface area contributed by atoms with Crippen molar-refractivity contribution >= 4 is 11.7 Å². The number of Topliss-reactive ketones (excluding diaryl/α,β-unsaturated/α-hetero) is 1. The first-order chi connectivity index (χ1) is 7.34. The van der Waals surface area contributed by atoms with Crippen molar-refractivity contribution in [1.82, 2.24) is 4.90 Å². The highest BCUT2D eigenvalue weighted by Crippen LogP contribution is 2.17. The number of hydrogen-bond acceptors (Lipinski definition) is 2. The van der Waals surface area contributed by atoms with Crippen LogP contribution in [0.5, 0.6) is 0 Å². The van der Waals surface area contributed by atoms with Crippen LogP contribution in [0.4, 0.5) is 8.78 Å². The van der Waals surface area contributed by atoms with Gasteiger partial charge in [0.2, 0.25) is 0 Å². The Bertz CT molecular complexity index is 432. The van der Waals surface area contributed by atoms with Crippen LogP contribution >= 0.6 is 0 Å². The Balaban J connectivity index is 3.33. The topological polar surface area (TPSA) is 37.4 Å². The highest BCUT2D eigenvalue weighted by Gasteiger charge is 2.20.